The van der Waals surface area contributed by atoms with Gasteiger partial charge < -0.3 is 25.2 Å². The van der Waals surface area contributed by atoms with Gasteiger partial charge in [-0.15, -0.1) is 0 Å². The smallest absolute Gasteiger partial charge is 0.408 e. The molecule has 1 aliphatic rings. The molecular weight excluding hydrogens is 328 g/mol. The summed E-state index contributed by atoms with van der Waals surface area (Å²) in [6, 6.07) is -1.72. The van der Waals surface area contributed by atoms with Crippen molar-refractivity contribution in [3.8, 4) is 0 Å². The van der Waals surface area contributed by atoms with Crippen LogP contribution in [0.4, 0.5) is 4.79 Å². The molecule has 1 unspecified atom stereocenters. The van der Waals surface area contributed by atoms with Crippen molar-refractivity contribution < 1.29 is 29.0 Å². The van der Waals surface area contributed by atoms with Crippen LogP contribution in [0.1, 0.15) is 26.2 Å². The molecule has 0 fully saturated rings. The molecule has 140 valence electrons. The predicted octanol–water partition coefficient (Wildman–Crippen LogP) is 0.662. The number of carbonyl (C=O) groups excluding carboxylic acids is 3. The number of rotatable bonds is 8. The number of esters is 1. The molecule has 0 spiro atoms. The monoisotopic (exact) mass is 354 g/mol. The number of ether oxygens (including phenoxy) is 2. The average molecular weight is 354 g/mol. The number of amides is 2. The average Bonchev–Trinajstić information content (AvgIpc) is 2.60. The number of aliphatic hydroxyl groups is 1. The number of hydrogen-bond donors (Lipinski definition) is 3. The van der Waals surface area contributed by atoms with Crippen LogP contribution in [0.3, 0.4) is 0 Å². The van der Waals surface area contributed by atoms with E-state index in [9.17, 15) is 19.5 Å². The minimum Gasteiger partial charge on any atom is -0.467 e. The van der Waals surface area contributed by atoms with E-state index in [0.29, 0.717) is 19.3 Å². The number of nitrogens with one attached hydrogen (secondary N) is 2. The van der Waals surface area contributed by atoms with Crippen molar-refractivity contribution >= 4 is 18.0 Å². The molecule has 2 amide bonds. The maximum atomic E-state index is 12.2. The molecular formula is C17H26N2O6. The maximum absolute atomic E-state index is 12.2. The zero-order chi connectivity index (χ0) is 18.8. The summed E-state index contributed by atoms with van der Waals surface area (Å²) in [6.45, 7) is 4.93. The molecule has 0 aromatic heterocycles. The first-order valence-electron chi connectivity index (χ1n) is 8.16. The Morgan fingerprint density at radius 2 is 2.04 bits per heavy atom. The predicted molar refractivity (Wildman–Crippen MR) is 90.6 cm³/mol. The van der Waals surface area contributed by atoms with Gasteiger partial charge in [0.05, 0.1) is 13.2 Å². The van der Waals surface area contributed by atoms with E-state index in [-0.39, 0.29) is 12.5 Å². The van der Waals surface area contributed by atoms with Gasteiger partial charge in [0.1, 0.15) is 18.7 Å². The second-order valence-corrected chi connectivity index (χ2v) is 5.86. The van der Waals surface area contributed by atoms with Crippen molar-refractivity contribution in [1.82, 2.24) is 10.6 Å². The quantitative estimate of drug-likeness (QED) is 0.436. The Balaban J connectivity index is 2.60. The van der Waals surface area contributed by atoms with Crippen LogP contribution in [0, 0.1) is 5.92 Å². The molecule has 3 N–H and O–H groups in total. The van der Waals surface area contributed by atoms with E-state index < -0.39 is 36.2 Å². The van der Waals surface area contributed by atoms with Crippen LogP contribution in [-0.4, -0.2) is 55.0 Å². The normalized spacial score (nSPS) is 21.6. The molecule has 0 aromatic carbocycles. The third-order valence-corrected chi connectivity index (χ3v) is 3.84. The van der Waals surface area contributed by atoms with E-state index in [1.165, 1.54) is 20.1 Å². The third-order valence-electron chi connectivity index (χ3n) is 3.84. The van der Waals surface area contributed by atoms with Gasteiger partial charge in [-0.25, -0.2) is 9.59 Å². The molecule has 0 aromatic rings. The zero-order valence-corrected chi connectivity index (χ0v) is 14.6. The molecule has 25 heavy (non-hydrogen) atoms. The Morgan fingerprint density at radius 3 is 2.60 bits per heavy atom. The minimum absolute atomic E-state index is 0.0326. The Labute approximate surface area is 147 Å². The second-order valence-electron chi connectivity index (χ2n) is 5.86. The number of allylic oxidation sites excluding steroid dienone is 1. The van der Waals surface area contributed by atoms with Crippen LogP contribution in [0.5, 0.6) is 0 Å². The Morgan fingerprint density at radius 1 is 1.32 bits per heavy atom. The lowest BCUT2D eigenvalue weighted by atomic mass is 9.89. The van der Waals surface area contributed by atoms with Crippen LogP contribution in [0.2, 0.25) is 0 Å². The van der Waals surface area contributed by atoms with E-state index in [4.69, 9.17) is 9.47 Å². The van der Waals surface area contributed by atoms with E-state index in [1.807, 2.05) is 6.08 Å². The van der Waals surface area contributed by atoms with Crippen molar-refractivity contribution in [2.45, 2.75) is 44.4 Å². The Kier molecular flexibility index (Phi) is 8.69. The summed E-state index contributed by atoms with van der Waals surface area (Å²) >= 11 is 0. The maximum Gasteiger partial charge on any atom is 0.408 e. The fourth-order valence-electron chi connectivity index (χ4n) is 2.43. The molecule has 0 radical (unpaired) electrons. The lowest BCUT2D eigenvalue weighted by Gasteiger charge is -2.25. The van der Waals surface area contributed by atoms with Gasteiger partial charge in [-0.05, 0) is 32.1 Å². The van der Waals surface area contributed by atoms with E-state index in [1.54, 1.807) is 6.08 Å². The molecule has 1 aliphatic carbocycles. The fraction of sp³-hybridized carbons (Fsp3) is 0.588. The van der Waals surface area contributed by atoms with Gasteiger partial charge in [-0.3, -0.25) is 4.79 Å². The third kappa shape index (κ3) is 7.38. The summed E-state index contributed by atoms with van der Waals surface area (Å²) in [4.78, 5) is 35.6. The summed E-state index contributed by atoms with van der Waals surface area (Å²) in [5, 5.41) is 14.4. The van der Waals surface area contributed by atoms with Gasteiger partial charge in [0.25, 0.3) is 0 Å². The van der Waals surface area contributed by atoms with E-state index in [0.717, 1.165) is 0 Å². The number of alkyl carbamates (subject to hydrolysis) is 1. The summed E-state index contributed by atoms with van der Waals surface area (Å²) in [5.74, 6) is -1.03. The van der Waals surface area contributed by atoms with Crippen molar-refractivity contribution in [1.29, 1.82) is 0 Å². The van der Waals surface area contributed by atoms with Crippen molar-refractivity contribution in [2.75, 3.05) is 13.7 Å². The van der Waals surface area contributed by atoms with Gasteiger partial charge in [0, 0.05) is 0 Å². The topological polar surface area (TPSA) is 114 Å². The number of carbonyl (C=O) groups is 3. The van der Waals surface area contributed by atoms with Crippen LogP contribution in [-0.2, 0) is 19.1 Å². The summed E-state index contributed by atoms with van der Waals surface area (Å²) in [6.07, 6.45) is 5.39. The van der Waals surface area contributed by atoms with Gasteiger partial charge in [0.15, 0.2) is 0 Å². The van der Waals surface area contributed by atoms with Gasteiger partial charge >= 0.3 is 12.1 Å². The number of aliphatic hydroxyl groups excluding tert-OH is 1. The zero-order valence-electron chi connectivity index (χ0n) is 14.6. The standard InChI is InChI=1S/C17H26N2O6/c1-4-9-25-17(23)18-11(2)15(21)19-14(16(22)24-3)10-12-5-7-13(20)8-6-12/h4-5,7,11-14,20H,1,6,8-10H2,2-3H3,(H,18,23)(H,19,21)/t11-,12+,13?,14-/m0/s1. The second kappa shape index (κ2) is 10.5. The summed E-state index contributed by atoms with van der Waals surface area (Å²) < 4.78 is 9.48. The van der Waals surface area contributed by atoms with E-state index in [2.05, 4.69) is 17.2 Å². The highest BCUT2D eigenvalue weighted by molar-refractivity contribution is 5.89. The molecule has 0 aliphatic heterocycles. The Bertz CT molecular complexity index is 519. The number of methoxy groups -OCH3 is 1. The van der Waals surface area contributed by atoms with Gasteiger partial charge in [-0.2, -0.15) is 0 Å². The van der Waals surface area contributed by atoms with Crippen LogP contribution >= 0.6 is 0 Å². The van der Waals surface area contributed by atoms with Gasteiger partial charge in [-0.1, -0.05) is 24.8 Å². The molecule has 0 saturated carbocycles. The SMILES string of the molecule is C=CCOC(=O)N[C@@H](C)C(=O)N[C@@H](C[C@@H]1C=CC(O)CC1)C(=O)OC. The van der Waals surface area contributed by atoms with E-state index >= 15 is 0 Å². The highest BCUT2D eigenvalue weighted by Gasteiger charge is 2.28. The fourth-order valence-corrected chi connectivity index (χ4v) is 2.43. The highest BCUT2D eigenvalue weighted by atomic mass is 16.5. The van der Waals surface area contributed by atoms with Crippen LogP contribution < -0.4 is 10.6 Å². The van der Waals surface area contributed by atoms with Crippen molar-refractivity contribution in [3.63, 3.8) is 0 Å². The minimum atomic E-state index is -0.881. The lowest BCUT2D eigenvalue weighted by molar-refractivity contribution is -0.145. The molecule has 0 heterocycles. The highest BCUT2D eigenvalue weighted by Crippen LogP contribution is 2.22. The molecule has 8 nitrogen and oxygen atoms in total. The molecule has 4 atom stereocenters. The molecule has 0 saturated heterocycles. The molecule has 8 heteroatoms. The first-order valence-corrected chi connectivity index (χ1v) is 8.16. The first kappa shape index (κ1) is 20.7. The van der Waals surface area contributed by atoms with Crippen molar-refractivity contribution in [2.24, 2.45) is 5.92 Å². The largest absolute Gasteiger partial charge is 0.467 e. The molecule has 0 bridgehead atoms. The number of hydrogen-bond acceptors (Lipinski definition) is 6. The Hall–Kier alpha value is -2.35. The molecule has 1 rings (SSSR count). The summed E-state index contributed by atoms with van der Waals surface area (Å²) in [7, 11) is 1.25. The van der Waals surface area contributed by atoms with Gasteiger partial charge in [0.2, 0.25) is 5.91 Å². The lowest BCUT2D eigenvalue weighted by Crippen LogP contribution is -2.51. The van der Waals surface area contributed by atoms with Crippen LogP contribution in [0.25, 0.3) is 0 Å². The van der Waals surface area contributed by atoms with Crippen molar-refractivity contribution in [3.05, 3.63) is 24.8 Å². The summed E-state index contributed by atoms with van der Waals surface area (Å²) in [5.41, 5.74) is 0. The first-order chi connectivity index (χ1) is 11.9. The van der Waals surface area contributed by atoms with Crippen LogP contribution in [0.15, 0.2) is 24.8 Å².